The molecule has 1 aliphatic carbocycles. The van der Waals surface area contributed by atoms with Gasteiger partial charge in [-0.15, -0.1) is 0 Å². The summed E-state index contributed by atoms with van der Waals surface area (Å²) in [5.74, 6) is 0.260. The minimum atomic E-state index is -1.16. The first-order valence-corrected chi connectivity index (χ1v) is 8.53. The first-order chi connectivity index (χ1) is 12.2. The van der Waals surface area contributed by atoms with Gasteiger partial charge < -0.3 is 19.9 Å². The number of carbonyl (C=O) groups excluding carboxylic acids is 1. The van der Waals surface area contributed by atoms with E-state index in [4.69, 9.17) is 15.0 Å². The maximum Gasteiger partial charge on any atom is 0.407 e. The van der Waals surface area contributed by atoms with Crippen LogP contribution in [0.5, 0.6) is 0 Å². The Morgan fingerprint density at radius 3 is 2.76 bits per heavy atom. The van der Waals surface area contributed by atoms with E-state index in [1.54, 1.807) is 0 Å². The maximum absolute atomic E-state index is 12.1. The summed E-state index contributed by atoms with van der Waals surface area (Å²) < 4.78 is 11.2. The minimum Gasteiger partial charge on any atom is -0.443 e. The Morgan fingerprint density at radius 2 is 2.12 bits per heavy atom. The molecule has 2 N–H and O–H groups in total. The predicted octanol–water partition coefficient (Wildman–Crippen LogP) is 2.87. The average molecular weight is 346 g/mol. The normalized spacial score (nSPS) is 27.0. The summed E-state index contributed by atoms with van der Waals surface area (Å²) in [5, 5.41) is 16.2. The summed E-state index contributed by atoms with van der Waals surface area (Å²) >= 11 is 0. The van der Waals surface area contributed by atoms with Gasteiger partial charge in [0, 0.05) is 11.5 Å². The van der Waals surface area contributed by atoms with E-state index in [1.165, 1.54) is 0 Å². The Kier molecular flexibility index (Phi) is 5.75. The lowest BCUT2D eigenvalue weighted by molar-refractivity contribution is -0.200. The summed E-state index contributed by atoms with van der Waals surface area (Å²) in [6.45, 7) is 0.393. The van der Waals surface area contributed by atoms with E-state index in [0.717, 1.165) is 18.4 Å². The van der Waals surface area contributed by atoms with Crippen LogP contribution in [0.1, 0.15) is 31.2 Å². The third-order valence-electron chi connectivity index (χ3n) is 4.57. The van der Waals surface area contributed by atoms with Gasteiger partial charge in [-0.25, -0.2) is 4.79 Å². The zero-order valence-electron chi connectivity index (χ0n) is 13.8. The molecule has 1 amide bonds. The fourth-order valence-corrected chi connectivity index (χ4v) is 3.07. The first kappa shape index (κ1) is 17.5. The first-order valence-electron chi connectivity index (χ1n) is 8.53. The number of hydrogen-bond donors (Lipinski definition) is 2. The number of alkyl carbamates (subject to hydrolysis) is 1. The van der Waals surface area contributed by atoms with Crippen molar-refractivity contribution in [2.45, 2.75) is 56.8 Å². The molecule has 1 heterocycles. The summed E-state index contributed by atoms with van der Waals surface area (Å²) in [7, 11) is 0. The molecule has 134 valence electrons. The number of nitrogens with zero attached hydrogens (tertiary/aromatic N) is 3. The molecule has 3 unspecified atom stereocenters. The molecule has 8 nitrogen and oxygen atoms in total. The molecule has 0 bridgehead atoms. The van der Waals surface area contributed by atoms with E-state index in [9.17, 15) is 9.90 Å². The zero-order chi connectivity index (χ0) is 17.6. The van der Waals surface area contributed by atoms with Crippen molar-refractivity contribution in [3.05, 3.63) is 46.3 Å². The lowest BCUT2D eigenvalue weighted by Crippen LogP contribution is -2.46. The molecule has 4 atom stereocenters. The third kappa shape index (κ3) is 4.85. The molecule has 0 aromatic heterocycles. The molecule has 25 heavy (non-hydrogen) atoms. The van der Waals surface area contributed by atoms with Crippen molar-refractivity contribution in [1.29, 1.82) is 0 Å². The number of azide groups is 1. The average Bonchev–Trinajstić information content (AvgIpc) is 3.46. The van der Waals surface area contributed by atoms with Gasteiger partial charge in [0.1, 0.15) is 6.10 Å². The number of ether oxygens (including phenoxy) is 2. The largest absolute Gasteiger partial charge is 0.443 e. The van der Waals surface area contributed by atoms with E-state index in [0.29, 0.717) is 19.4 Å². The van der Waals surface area contributed by atoms with Crippen molar-refractivity contribution in [2.75, 3.05) is 0 Å². The standard InChI is InChI=1S/C17H22N4O4/c18-21-20-13-8-9-14(24-16(13)22)15(12-6-7-12)25-17(23)19-10-11-4-2-1-3-5-11/h1-5,12-16,22H,6-10H2,(H,19,23)/t13?,14-,15?,16?/m0/s1. The van der Waals surface area contributed by atoms with Crippen molar-refractivity contribution < 1.29 is 19.4 Å². The summed E-state index contributed by atoms with van der Waals surface area (Å²) in [5.41, 5.74) is 9.49. The third-order valence-corrected chi connectivity index (χ3v) is 4.57. The molecule has 1 aliphatic heterocycles. The minimum absolute atomic E-state index is 0.260. The topological polar surface area (TPSA) is 117 Å². The van der Waals surface area contributed by atoms with Crippen LogP contribution in [0.25, 0.3) is 10.4 Å². The van der Waals surface area contributed by atoms with Crippen LogP contribution < -0.4 is 5.32 Å². The Labute approximate surface area is 145 Å². The molecule has 8 heteroatoms. The van der Waals surface area contributed by atoms with Gasteiger partial charge in [-0.1, -0.05) is 35.4 Å². The molecule has 1 saturated carbocycles. The van der Waals surface area contributed by atoms with Gasteiger partial charge in [-0.3, -0.25) is 0 Å². The van der Waals surface area contributed by atoms with E-state index in [2.05, 4.69) is 15.3 Å². The molecule has 0 spiro atoms. The van der Waals surface area contributed by atoms with Crippen LogP contribution in [-0.2, 0) is 16.0 Å². The van der Waals surface area contributed by atoms with Gasteiger partial charge in [0.15, 0.2) is 6.29 Å². The second-order valence-electron chi connectivity index (χ2n) is 6.46. The monoisotopic (exact) mass is 346 g/mol. The molecule has 1 aromatic rings. The Bertz CT molecular complexity index is 631. The summed E-state index contributed by atoms with van der Waals surface area (Å²) in [6.07, 6.45) is 0.621. The van der Waals surface area contributed by atoms with Gasteiger partial charge in [0.05, 0.1) is 12.1 Å². The highest BCUT2D eigenvalue weighted by Gasteiger charge is 2.43. The quantitative estimate of drug-likeness (QED) is 0.468. The van der Waals surface area contributed by atoms with E-state index in [1.807, 2.05) is 30.3 Å². The van der Waals surface area contributed by atoms with Crippen molar-refractivity contribution in [3.63, 3.8) is 0 Å². The van der Waals surface area contributed by atoms with Crippen molar-refractivity contribution in [1.82, 2.24) is 5.32 Å². The van der Waals surface area contributed by atoms with Crippen LogP contribution in [0.3, 0.4) is 0 Å². The van der Waals surface area contributed by atoms with E-state index < -0.39 is 24.5 Å². The molecular formula is C17H22N4O4. The Balaban J connectivity index is 1.53. The fourth-order valence-electron chi connectivity index (χ4n) is 3.07. The second kappa shape index (κ2) is 8.20. The SMILES string of the molecule is [N-]=[N+]=NC1CC[C@@H](C(OC(=O)NCc2ccccc2)C2CC2)OC1O. The number of hydrogen-bond acceptors (Lipinski definition) is 5. The highest BCUT2D eigenvalue weighted by atomic mass is 16.6. The highest BCUT2D eigenvalue weighted by Crippen LogP contribution is 2.39. The zero-order valence-corrected chi connectivity index (χ0v) is 13.8. The van der Waals surface area contributed by atoms with E-state index in [-0.39, 0.29) is 12.0 Å². The second-order valence-corrected chi connectivity index (χ2v) is 6.46. The molecule has 2 aliphatic rings. The van der Waals surface area contributed by atoms with Crippen LogP contribution in [0.15, 0.2) is 35.4 Å². The van der Waals surface area contributed by atoms with Crippen LogP contribution in [0.4, 0.5) is 4.79 Å². The van der Waals surface area contributed by atoms with Gasteiger partial charge in [-0.2, -0.15) is 0 Å². The number of aliphatic hydroxyl groups excluding tert-OH is 1. The van der Waals surface area contributed by atoms with Crippen LogP contribution in [0.2, 0.25) is 0 Å². The number of nitrogens with one attached hydrogen (secondary N) is 1. The lowest BCUT2D eigenvalue weighted by Gasteiger charge is -2.35. The predicted molar refractivity (Wildman–Crippen MR) is 89.3 cm³/mol. The fraction of sp³-hybridized carbons (Fsp3) is 0.588. The van der Waals surface area contributed by atoms with Crippen molar-refractivity contribution in [2.24, 2.45) is 11.0 Å². The van der Waals surface area contributed by atoms with Crippen LogP contribution >= 0.6 is 0 Å². The van der Waals surface area contributed by atoms with Crippen LogP contribution in [0, 0.1) is 5.92 Å². The smallest absolute Gasteiger partial charge is 0.407 e. The number of carbonyl (C=O) groups is 1. The van der Waals surface area contributed by atoms with Gasteiger partial charge in [0.25, 0.3) is 0 Å². The summed E-state index contributed by atoms with van der Waals surface area (Å²) in [6, 6.07) is 9.00. The molecule has 1 saturated heterocycles. The number of amides is 1. The molecule has 2 fully saturated rings. The Morgan fingerprint density at radius 1 is 1.36 bits per heavy atom. The molecule has 1 aromatic carbocycles. The van der Waals surface area contributed by atoms with Crippen molar-refractivity contribution >= 4 is 6.09 Å². The highest BCUT2D eigenvalue weighted by molar-refractivity contribution is 5.67. The van der Waals surface area contributed by atoms with Crippen molar-refractivity contribution in [3.8, 4) is 0 Å². The molecular weight excluding hydrogens is 324 g/mol. The Hall–Kier alpha value is -2.28. The number of aliphatic hydroxyl groups is 1. The van der Waals surface area contributed by atoms with Crippen LogP contribution in [-0.4, -0.2) is 35.7 Å². The summed E-state index contributed by atoms with van der Waals surface area (Å²) in [4.78, 5) is 14.9. The molecule has 0 radical (unpaired) electrons. The number of rotatable bonds is 6. The number of benzene rings is 1. The van der Waals surface area contributed by atoms with E-state index >= 15 is 0 Å². The van der Waals surface area contributed by atoms with Gasteiger partial charge >= 0.3 is 6.09 Å². The van der Waals surface area contributed by atoms with Gasteiger partial charge in [0.2, 0.25) is 0 Å². The lowest BCUT2D eigenvalue weighted by atomic mass is 9.98. The maximum atomic E-state index is 12.1. The molecule has 3 rings (SSSR count). The van der Waals surface area contributed by atoms with Gasteiger partial charge in [-0.05, 0) is 42.7 Å².